The van der Waals surface area contributed by atoms with E-state index >= 15 is 0 Å². The number of hydrogen-bond acceptors (Lipinski definition) is 4. The zero-order valence-corrected chi connectivity index (χ0v) is 12.4. The Morgan fingerprint density at radius 3 is 2.70 bits per heavy atom. The summed E-state index contributed by atoms with van der Waals surface area (Å²) >= 11 is 0. The Labute approximate surface area is 118 Å². The van der Waals surface area contributed by atoms with Crippen molar-refractivity contribution in [2.75, 3.05) is 6.54 Å². The summed E-state index contributed by atoms with van der Waals surface area (Å²) in [6, 6.07) is -0.472. The van der Waals surface area contributed by atoms with Gasteiger partial charge in [0.15, 0.2) is 0 Å². The van der Waals surface area contributed by atoms with Crippen molar-refractivity contribution in [3.05, 3.63) is 11.4 Å². The summed E-state index contributed by atoms with van der Waals surface area (Å²) in [5.41, 5.74) is 0.907. The van der Waals surface area contributed by atoms with Crippen LogP contribution in [-0.2, 0) is 14.8 Å². The number of sulfonamides is 1. The molecule has 1 atom stereocenters. The van der Waals surface area contributed by atoms with Gasteiger partial charge in [0.25, 0.3) is 0 Å². The van der Waals surface area contributed by atoms with Gasteiger partial charge in [-0.3, -0.25) is 9.89 Å². The van der Waals surface area contributed by atoms with E-state index in [-0.39, 0.29) is 11.3 Å². The zero-order valence-electron chi connectivity index (χ0n) is 11.6. The predicted octanol–water partition coefficient (Wildman–Crippen LogP) is 1.04. The van der Waals surface area contributed by atoms with Gasteiger partial charge >= 0.3 is 5.97 Å². The van der Waals surface area contributed by atoms with Crippen LogP contribution in [-0.4, -0.2) is 46.6 Å². The zero-order chi connectivity index (χ0) is 14.9. The number of aromatic amines is 1. The third-order valence-electron chi connectivity index (χ3n) is 3.61. The van der Waals surface area contributed by atoms with Crippen molar-refractivity contribution < 1.29 is 18.3 Å². The van der Waals surface area contributed by atoms with E-state index in [2.05, 4.69) is 10.2 Å². The molecule has 1 aliphatic rings. The number of nitrogens with one attached hydrogen (secondary N) is 1. The van der Waals surface area contributed by atoms with Gasteiger partial charge in [0.05, 0.1) is 17.8 Å². The van der Waals surface area contributed by atoms with Gasteiger partial charge in [-0.2, -0.15) is 9.40 Å². The largest absolute Gasteiger partial charge is 0.481 e. The molecule has 1 aromatic heterocycles. The van der Waals surface area contributed by atoms with Crippen molar-refractivity contribution >= 4 is 16.0 Å². The van der Waals surface area contributed by atoms with Crippen LogP contribution in [0.3, 0.4) is 0 Å². The highest BCUT2D eigenvalue weighted by Crippen LogP contribution is 2.29. The lowest BCUT2D eigenvalue weighted by Crippen LogP contribution is -2.44. The number of H-pyrrole nitrogens is 1. The lowest BCUT2D eigenvalue weighted by Gasteiger charge is -2.33. The lowest BCUT2D eigenvalue weighted by molar-refractivity contribution is -0.138. The minimum atomic E-state index is -3.70. The second-order valence-electron chi connectivity index (χ2n) is 5.13. The Morgan fingerprint density at radius 1 is 1.45 bits per heavy atom. The second kappa shape index (κ2) is 5.53. The number of aromatic nitrogens is 2. The molecular weight excluding hydrogens is 282 g/mol. The number of carbonyl (C=O) groups is 1. The van der Waals surface area contributed by atoms with Crippen LogP contribution in [0.2, 0.25) is 0 Å². The molecule has 1 saturated heterocycles. The number of hydrogen-bond donors (Lipinski definition) is 2. The number of carboxylic acid groups (broad SMARTS) is 1. The molecule has 0 saturated carbocycles. The average Bonchev–Trinajstić information content (AvgIpc) is 2.69. The second-order valence-corrected chi connectivity index (χ2v) is 6.95. The quantitative estimate of drug-likeness (QED) is 0.865. The van der Waals surface area contributed by atoms with E-state index in [1.807, 2.05) is 0 Å². The summed E-state index contributed by atoms with van der Waals surface area (Å²) in [7, 11) is -3.70. The molecule has 7 nitrogen and oxygen atoms in total. The first-order valence-corrected chi connectivity index (χ1v) is 8.03. The molecule has 112 valence electrons. The summed E-state index contributed by atoms with van der Waals surface area (Å²) in [4.78, 5) is 11.1. The van der Waals surface area contributed by atoms with E-state index in [1.165, 1.54) is 4.31 Å². The van der Waals surface area contributed by atoms with Crippen molar-refractivity contribution in [3.63, 3.8) is 0 Å². The van der Waals surface area contributed by atoms with Gasteiger partial charge in [0, 0.05) is 12.6 Å². The SMILES string of the molecule is Cc1n[nH]c(C)c1S(=O)(=O)N1CCCCC1CC(=O)O. The van der Waals surface area contributed by atoms with E-state index < -0.39 is 22.0 Å². The van der Waals surface area contributed by atoms with Gasteiger partial charge in [-0.25, -0.2) is 8.42 Å². The van der Waals surface area contributed by atoms with Gasteiger partial charge in [-0.1, -0.05) is 6.42 Å². The van der Waals surface area contributed by atoms with Crippen molar-refractivity contribution in [3.8, 4) is 0 Å². The summed E-state index contributed by atoms with van der Waals surface area (Å²) < 4.78 is 26.8. The van der Waals surface area contributed by atoms with E-state index in [0.29, 0.717) is 24.4 Å². The Morgan fingerprint density at radius 2 is 2.15 bits per heavy atom. The molecule has 0 radical (unpaired) electrons. The molecule has 8 heteroatoms. The Kier molecular flexibility index (Phi) is 4.14. The fourth-order valence-electron chi connectivity index (χ4n) is 2.73. The molecule has 20 heavy (non-hydrogen) atoms. The number of rotatable bonds is 4. The Balaban J connectivity index is 2.38. The van der Waals surface area contributed by atoms with Gasteiger partial charge < -0.3 is 5.11 Å². The van der Waals surface area contributed by atoms with Gasteiger partial charge in [0.1, 0.15) is 4.90 Å². The monoisotopic (exact) mass is 301 g/mol. The first kappa shape index (κ1) is 15.0. The summed E-state index contributed by atoms with van der Waals surface area (Å²) in [6.07, 6.45) is 2.04. The van der Waals surface area contributed by atoms with Gasteiger partial charge in [-0.05, 0) is 26.7 Å². The number of carboxylic acids is 1. The van der Waals surface area contributed by atoms with Crippen LogP contribution in [0, 0.1) is 13.8 Å². The molecule has 2 rings (SSSR count). The van der Waals surface area contributed by atoms with Crippen LogP contribution in [0.1, 0.15) is 37.1 Å². The summed E-state index contributed by atoms with van der Waals surface area (Å²) in [6.45, 7) is 3.65. The van der Waals surface area contributed by atoms with E-state index in [1.54, 1.807) is 13.8 Å². The minimum Gasteiger partial charge on any atom is -0.481 e. The first-order valence-electron chi connectivity index (χ1n) is 6.59. The van der Waals surface area contributed by atoms with Crippen LogP contribution in [0.25, 0.3) is 0 Å². The van der Waals surface area contributed by atoms with E-state index in [0.717, 1.165) is 12.8 Å². The van der Waals surface area contributed by atoms with Crippen LogP contribution in [0.15, 0.2) is 4.90 Å². The highest BCUT2D eigenvalue weighted by atomic mass is 32.2. The minimum absolute atomic E-state index is 0.158. The Hall–Kier alpha value is -1.41. The molecule has 1 aliphatic heterocycles. The standard InChI is InChI=1S/C12H19N3O4S/c1-8-12(9(2)14-13-8)20(18,19)15-6-4-3-5-10(15)7-11(16)17/h10H,3-7H2,1-2H3,(H,13,14)(H,16,17). The summed E-state index contributed by atoms with van der Waals surface area (Å²) in [5, 5.41) is 15.5. The normalized spacial score (nSPS) is 21.0. The third kappa shape index (κ3) is 2.71. The number of aliphatic carboxylic acids is 1. The molecule has 1 unspecified atom stereocenters. The molecule has 0 amide bonds. The first-order chi connectivity index (χ1) is 9.34. The molecule has 2 heterocycles. The third-order valence-corrected chi connectivity index (χ3v) is 5.83. The molecular formula is C12H19N3O4S. The number of nitrogens with zero attached hydrogens (tertiary/aromatic N) is 2. The van der Waals surface area contributed by atoms with Gasteiger partial charge in [0.2, 0.25) is 10.0 Å². The lowest BCUT2D eigenvalue weighted by atomic mass is 10.0. The van der Waals surface area contributed by atoms with Crippen LogP contribution in [0.4, 0.5) is 0 Å². The molecule has 0 aromatic carbocycles. The van der Waals surface area contributed by atoms with Crippen molar-refractivity contribution in [1.29, 1.82) is 0 Å². The topological polar surface area (TPSA) is 103 Å². The van der Waals surface area contributed by atoms with Crippen molar-refractivity contribution in [2.24, 2.45) is 0 Å². The van der Waals surface area contributed by atoms with Crippen molar-refractivity contribution in [1.82, 2.24) is 14.5 Å². The van der Waals surface area contributed by atoms with Crippen molar-refractivity contribution in [2.45, 2.75) is 50.5 Å². The van der Waals surface area contributed by atoms with Crippen LogP contribution in [0.5, 0.6) is 0 Å². The molecule has 0 bridgehead atoms. The van der Waals surface area contributed by atoms with E-state index in [4.69, 9.17) is 5.11 Å². The van der Waals surface area contributed by atoms with Crippen LogP contribution >= 0.6 is 0 Å². The predicted molar refractivity (Wildman–Crippen MR) is 71.8 cm³/mol. The smallest absolute Gasteiger partial charge is 0.304 e. The molecule has 2 N–H and O–H groups in total. The molecule has 0 aliphatic carbocycles. The maximum atomic E-state index is 12.8. The maximum absolute atomic E-state index is 12.8. The average molecular weight is 301 g/mol. The molecule has 0 spiro atoms. The highest BCUT2D eigenvalue weighted by Gasteiger charge is 2.37. The Bertz CT molecular complexity index is 589. The van der Waals surface area contributed by atoms with Crippen LogP contribution < -0.4 is 0 Å². The number of aryl methyl sites for hydroxylation is 2. The number of piperidine rings is 1. The fraction of sp³-hybridized carbons (Fsp3) is 0.667. The molecule has 1 aromatic rings. The fourth-order valence-corrected chi connectivity index (χ4v) is 4.76. The van der Waals surface area contributed by atoms with E-state index in [9.17, 15) is 13.2 Å². The van der Waals surface area contributed by atoms with Gasteiger partial charge in [-0.15, -0.1) is 0 Å². The molecule has 1 fully saturated rings. The maximum Gasteiger partial charge on any atom is 0.304 e. The highest BCUT2D eigenvalue weighted by molar-refractivity contribution is 7.89. The summed E-state index contributed by atoms with van der Waals surface area (Å²) in [5.74, 6) is -0.974.